The van der Waals surface area contributed by atoms with Crippen LogP contribution in [0.1, 0.15) is 65.7 Å². The van der Waals surface area contributed by atoms with Crippen LogP contribution < -0.4 is 5.32 Å². The summed E-state index contributed by atoms with van der Waals surface area (Å²) in [6.45, 7) is 6.92. The first-order chi connectivity index (χ1) is 8.65. The van der Waals surface area contributed by atoms with Crippen molar-refractivity contribution in [1.29, 1.82) is 0 Å². The van der Waals surface area contributed by atoms with Crippen LogP contribution in [-0.2, 0) is 0 Å². The van der Waals surface area contributed by atoms with Crippen molar-refractivity contribution in [3.63, 3.8) is 0 Å². The maximum atomic E-state index is 4.98. The van der Waals surface area contributed by atoms with Gasteiger partial charge in [-0.25, -0.2) is 0 Å². The SMILES string of the molecule is CCC1CCC(N=C2NC(C)(CC)CCS2)CC1. The molecule has 18 heavy (non-hydrogen) atoms. The van der Waals surface area contributed by atoms with Gasteiger partial charge >= 0.3 is 0 Å². The van der Waals surface area contributed by atoms with E-state index in [2.05, 4.69) is 26.1 Å². The summed E-state index contributed by atoms with van der Waals surface area (Å²) in [5, 5.41) is 4.88. The molecule has 1 saturated carbocycles. The van der Waals surface area contributed by atoms with Crippen LogP contribution in [0.2, 0.25) is 0 Å². The molecular weight excluding hydrogens is 240 g/mol. The first kappa shape index (κ1) is 14.2. The molecule has 104 valence electrons. The Morgan fingerprint density at radius 3 is 2.61 bits per heavy atom. The lowest BCUT2D eigenvalue weighted by Crippen LogP contribution is -2.48. The fourth-order valence-corrected chi connectivity index (χ4v) is 4.20. The maximum absolute atomic E-state index is 4.98. The fourth-order valence-electron chi connectivity index (χ4n) is 2.91. The third-order valence-electron chi connectivity index (χ3n) is 4.78. The quantitative estimate of drug-likeness (QED) is 0.829. The lowest BCUT2D eigenvalue weighted by Gasteiger charge is -2.36. The Morgan fingerprint density at radius 2 is 2.00 bits per heavy atom. The fraction of sp³-hybridized carbons (Fsp3) is 0.933. The first-order valence-electron chi connectivity index (χ1n) is 7.64. The zero-order valence-electron chi connectivity index (χ0n) is 12.2. The van der Waals surface area contributed by atoms with E-state index in [1.54, 1.807) is 0 Å². The van der Waals surface area contributed by atoms with Gasteiger partial charge in [-0.15, -0.1) is 0 Å². The number of amidine groups is 1. The third-order valence-corrected chi connectivity index (χ3v) is 5.66. The van der Waals surface area contributed by atoms with Gasteiger partial charge < -0.3 is 5.32 Å². The van der Waals surface area contributed by atoms with Gasteiger partial charge in [0.1, 0.15) is 0 Å². The smallest absolute Gasteiger partial charge is 0.157 e. The minimum atomic E-state index is 0.282. The highest BCUT2D eigenvalue weighted by atomic mass is 32.2. The van der Waals surface area contributed by atoms with Crippen molar-refractivity contribution in [2.75, 3.05) is 5.75 Å². The molecule has 0 aromatic carbocycles. The zero-order valence-corrected chi connectivity index (χ0v) is 13.0. The minimum absolute atomic E-state index is 0.282. The van der Waals surface area contributed by atoms with Crippen molar-refractivity contribution in [3.8, 4) is 0 Å². The molecule has 1 unspecified atom stereocenters. The van der Waals surface area contributed by atoms with Gasteiger partial charge in [-0.1, -0.05) is 32.0 Å². The number of rotatable bonds is 3. The van der Waals surface area contributed by atoms with Crippen molar-refractivity contribution < 1.29 is 0 Å². The molecule has 1 N–H and O–H groups in total. The van der Waals surface area contributed by atoms with Gasteiger partial charge in [0.05, 0.1) is 6.04 Å². The number of hydrogen-bond acceptors (Lipinski definition) is 2. The van der Waals surface area contributed by atoms with E-state index in [4.69, 9.17) is 4.99 Å². The lowest BCUT2D eigenvalue weighted by molar-refractivity contribution is 0.319. The molecule has 2 nitrogen and oxygen atoms in total. The van der Waals surface area contributed by atoms with Gasteiger partial charge in [0, 0.05) is 11.3 Å². The van der Waals surface area contributed by atoms with Crippen LogP contribution in [0, 0.1) is 5.92 Å². The van der Waals surface area contributed by atoms with Crippen molar-refractivity contribution >= 4 is 16.9 Å². The Hall–Kier alpha value is -0.180. The average molecular weight is 268 g/mol. The van der Waals surface area contributed by atoms with E-state index in [-0.39, 0.29) is 5.54 Å². The summed E-state index contributed by atoms with van der Waals surface area (Å²) in [5.41, 5.74) is 0.282. The predicted molar refractivity (Wildman–Crippen MR) is 82.4 cm³/mol. The normalized spacial score (nSPS) is 39.6. The van der Waals surface area contributed by atoms with Crippen LogP contribution in [0.25, 0.3) is 0 Å². The molecule has 0 bridgehead atoms. The molecule has 0 radical (unpaired) electrons. The second kappa shape index (κ2) is 6.31. The highest BCUT2D eigenvalue weighted by Crippen LogP contribution is 2.30. The Kier molecular flexibility index (Phi) is 4.99. The van der Waals surface area contributed by atoms with Crippen molar-refractivity contribution in [2.45, 2.75) is 77.3 Å². The zero-order chi connectivity index (χ0) is 13.0. The molecule has 1 atom stereocenters. The summed E-state index contributed by atoms with van der Waals surface area (Å²) in [4.78, 5) is 4.98. The summed E-state index contributed by atoms with van der Waals surface area (Å²) in [6, 6.07) is 0.585. The number of nitrogens with zero attached hydrogens (tertiary/aromatic N) is 1. The van der Waals surface area contributed by atoms with Crippen LogP contribution in [-0.4, -0.2) is 22.5 Å². The lowest BCUT2D eigenvalue weighted by atomic mass is 9.85. The van der Waals surface area contributed by atoms with E-state index in [0.29, 0.717) is 6.04 Å². The topological polar surface area (TPSA) is 24.4 Å². The number of nitrogens with one attached hydrogen (secondary N) is 1. The Labute approximate surface area is 116 Å². The van der Waals surface area contributed by atoms with E-state index in [9.17, 15) is 0 Å². The van der Waals surface area contributed by atoms with Gasteiger partial charge in [-0.05, 0) is 51.4 Å². The van der Waals surface area contributed by atoms with Gasteiger partial charge in [0.2, 0.25) is 0 Å². The van der Waals surface area contributed by atoms with E-state index in [1.807, 2.05) is 11.8 Å². The molecule has 2 fully saturated rings. The molecule has 2 rings (SSSR count). The summed E-state index contributed by atoms with van der Waals surface area (Å²) in [5.74, 6) is 2.19. The van der Waals surface area contributed by atoms with E-state index >= 15 is 0 Å². The van der Waals surface area contributed by atoms with Crippen LogP contribution in [0.4, 0.5) is 0 Å². The van der Waals surface area contributed by atoms with Crippen molar-refractivity contribution in [3.05, 3.63) is 0 Å². The van der Waals surface area contributed by atoms with E-state index in [0.717, 1.165) is 5.92 Å². The number of aliphatic imine (C=N–C) groups is 1. The second-order valence-electron chi connectivity index (χ2n) is 6.15. The molecule has 0 aromatic heterocycles. The standard InChI is InChI=1S/C15H28N2S/c1-4-12-6-8-13(9-7-12)16-14-17-15(3,5-2)10-11-18-14/h12-13H,4-11H2,1-3H3,(H,16,17). The van der Waals surface area contributed by atoms with E-state index < -0.39 is 0 Å². The number of hydrogen-bond donors (Lipinski definition) is 1. The molecule has 0 aromatic rings. The van der Waals surface area contributed by atoms with Crippen LogP contribution >= 0.6 is 11.8 Å². The molecule has 1 saturated heterocycles. The van der Waals surface area contributed by atoms with Crippen molar-refractivity contribution in [2.24, 2.45) is 10.9 Å². The summed E-state index contributed by atoms with van der Waals surface area (Å²) >= 11 is 1.92. The van der Waals surface area contributed by atoms with Crippen LogP contribution in [0.15, 0.2) is 4.99 Å². The summed E-state index contributed by atoms with van der Waals surface area (Å²) < 4.78 is 0. The highest BCUT2D eigenvalue weighted by molar-refractivity contribution is 8.13. The van der Waals surface area contributed by atoms with Gasteiger partial charge in [0.15, 0.2) is 5.17 Å². The monoisotopic (exact) mass is 268 g/mol. The summed E-state index contributed by atoms with van der Waals surface area (Å²) in [7, 11) is 0. The molecular formula is C15H28N2S. The molecule has 0 amide bonds. The van der Waals surface area contributed by atoms with E-state index in [1.165, 1.54) is 55.9 Å². The molecule has 2 aliphatic rings. The summed E-state index contributed by atoms with van der Waals surface area (Å²) in [6.07, 6.45) is 9.16. The molecule has 1 aliphatic heterocycles. The molecule has 1 aliphatic carbocycles. The molecule has 3 heteroatoms. The Bertz CT molecular complexity index is 295. The average Bonchev–Trinajstić information content (AvgIpc) is 2.40. The third kappa shape index (κ3) is 3.66. The number of thioether (sulfide) groups is 1. The molecule has 1 heterocycles. The van der Waals surface area contributed by atoms with Gasteiger partial charge in [0.25, 0.3) is 0 Å². The van der Waals surface area contributed by atoms with Crippen LogP contribution in [0.3, 0.4) is 0 Å². The Balaban J connectivity index is 1.89. The van der Waals surface area contributed by atoms with Crippen molar-refractivity contribution in [1.82, 2.24) is 5.32 Å². The highest BCUT2D eigenvalue weighted by Gasteiger charge is 2.28. The predicted octanol–water partition coefficient (Wildman–Crippen LogP) is 4.21. The van der Waals surface area contributed by atoms with Crippen LogP contribution in [0.5, 0.6) is 0 Å². The second-order valence-corrected chi connectivity index (χ2v) is 7.24. The maximum Gasteiger partial charge on any atom is 0.157 e. The largest absolute Gasteiger partial charge is 0.360 e. The van der Waals surface area contributed by atoms with Gasteiger partial charge in [-0.2, -0.15) is 0 Å². The Morgan fingerprint density at radius 1 is 1.28 bits per heavy atom. The first-order valence-corrected chi connectivity index (χ1v) is 8.62. The molecule has 0 spiro atoms. The van der Waals surface area contributed by atoms with Gasteiger partial charge in [-0.3, -0.25) is 4.99 Å². The minimum Gasteiger partial charge on any atom is -0.360 e.